The molecule has 1 N–H and O–H groups in total. The standard InChI is InChI=1S/C15H31ClO4Si/c1-10-11(9-18-21(7,8)14(2,3)4)19-13(16)12(10)20-15(5,6)17/h10-13,17H,9H2,1-8H3/t10?,11-,12-,13+/m1/s1. The lowest BCUT2D eigenvalue weighted by molar-refractivity contribution is -0.213. The zero-order valence-electron chi connectivity index (χ0n) is 14.6. The number of hydrogen-bond acceptors (Lipinski definition) is 4. The van der Waals surface area contributed by atoms with Gasteiger partial charge in [0.15, 0.2) is 19.7 Å². The molecule has 21 heavy (non-hydrogen) atoms. The van der Waals surface area contributed by atoms with Crippen LogP contribution in [0.5, 0.6) is 0 Å². The van der Waals surface area contributed by atoms with Gasteiger partial charge in [-0.15, -0.1) is 0 Å². The monoisotopic (exact) mass is 338 g/mol. The van der Waals surface area contributed by atoms with Crippen LogP contribution >= 0.6 is 11.6 Å². The molecule has 1 unspecified atom stereocenters. The van der Waals surface area contributed by atoms with Gasteiger partial charge in [-0.2, -0.15) is 0 Å². The zero-order valence-corrected chi connectivity index (χ0v) is 16.3. The van der Waals surface area contributed by atoms with E-state index in [1.54, 1.807) is 13.8 Å². The largest absolute Gasteiger partial charge is 0.414 e. The van der Waals surface area contributed by atoms with Crippen molar-refractivity contribution in [3.8, 4) is 0 Å². The number of hydrogen-bond donors (Lipinski definition) is 1. The van der Waals surface area contributed by atoms with E-state index < -0.39 is 19.7 Å². The quantitative estimate of drug-likeness (QED) is 0.471. The maximum Gasteiger partial charge on any atom is 0.192 e. The van der Waals surface area contributed by atoms with E-state index >= 15 is 0 Å². The fourth-order valence-electron chi connectivity index (χ4n) is 2.01. The molecule has 1 rings (SSSR count). The second-order valence-corrected chi connectivity index (χ2v) is 13.2. The van der Waals surface area contributed by atoms with Crippen LogP contribution in [0, 0.1) is 5.92 Å². The Bertz CT molecular complexity index is 349. The van der Waals surface area contributed by atoms with Gasteiger partial charge in [0.05, 0.1) is 12.7 Å². The van der Waals surface area contributed by atoms with Crippen molar-refractivity contribution in [1.82, 2.24) is 0 Å². The van der Waals surface area contributed by atoms with Gasteiger partial charge in [-0.3, -0.25) is 0 Å². The lowest BCUT2D eigenvalue weighted by Gasteiger charge is -2.37. The van der Waals surface area contributed by atoms with Gasteiger partial charge in [-0.1, -0.05) is 39.3 Å². The van der Waals surface area contributed by atoms with Crippen LogP contribution in [0.1, 0.15) is 41.5 Å². The highest BCUT2D eigenvalue weighted by atomic mass is 35.5. The Morgan fingerprint density at radius 2 is 1.71 bits per heavy atom. The maximum atomic E-state index is 9.80. The lowest BCUT2D eigenvalue weighted by atomic mass is 10.0. The fourth-order valence-corrected chi connectivity index (χ4v) is 3.44. The minimum atomic E-state index is -1.81. The zero-order chi connectivity index (χ0) is 16.6. The van der Waals surface area contributed by atoms with Crippen LogP contribution in [0.4, 0.5) is 0 Å². The molecule has 4 atom stereocenters. The summed E-state index contributed by atoms with van der Waals surface area (Å²) in [6, 6.07) is 0. The third kappa shape index (κ3) is 5.18. The first-order valence-corrected chi connectivity index (χ1v) is 10.9. The molecule has 0 saturated carbocycles. The molecule has 0 amide bonds. The Morgan fingerprint density at radius 3 is 2.14 bits per heavy atom. The average Bonchev–Trinajstić information content (AvgIpc) is 2.51. The summed E-state index contributed by atoms with van der Waals surface area (Å²) < 4.78 is 17.6. The summed E-state index contributed by atoms with van der Waals surface area (Å²) >= 11 is 6.21. The summed E-state index contributed by atoms with van der Waals surface area (Å²) in [6.07, 6.45) is -0.436. The first kappa shape index (κ1) is 19.4. The van der Waals surface area contributed by atoms with Gasteiger partial charge >= 0.3 is 0 Å². The Morgan fingerprint density at radius 1 is 1.19 bits per heavy atom. The second kappa shape index (κ2) is 6.46. The normalized spacial score (nSPS) is 31.7. The summed E-state index contributed by atoms with van der Waals surface area (Å²) in [5, 5.41) is 9.97. The third-order valence-electron chi connectivity index (χ3n) is 4.51. The van der Waals surface area contributed by atoms with Crippen molar-refractivity contribution < 1.29 is 19.0 Å². The molecule has 126 valence electrons. The van der Waals surface area contributed by atoms with Gasteiger partial charge in [-0.05, 0) is 32.0 Å². The highest BCUT2D eigenvalue weighted by Crippen LogP contribution is 2.38. The van der Waals surface area contributed by atoms with E-state index in [1.165, 1.54) is 0 Å². The lowest BCUT2D eigenvalue weighted by Crippen LogP contribution is -2.43. The van der Waals surface area contributed by atoms with E-state index in [4.69, 9.17) is 25.5 Å². The Kier molecular flexibility index (Phi) is 5.96. The van der Waals surface area contributed by atoms with E-state index in [1.807, 2.05) is 6.92 Å². The van der Waals surface area contributed by atoms with Gasteiger partial charge in [-0.25, -0.2) is 0 Å². The van der Waals surface area contributed by atoms with Gasteiger partial charge < -0.3 is 19.0 Å². The van der Waals surface area contributed by atoms with Crippen LogP contribution < -0.4 is 0 Å². The number of aliphatic hydroxyl groups is 1. The minimum Gasteiger partial charge on any atom is -0.414 e. The van der Waals surface area contributed by atoms with E-state index in [2.05, 4.69) is 33.9 Å². The summed E-state index contributed by atoms with van der Waals surface area (Å²) in [5.41, 5.74) is -0.556. The number of halogens is 1. The van der Waals surface area contributed by atoms with E-state index in [9.17, 15) is 5.11 Å². The molecule has 1 aliphatic heterocycles. The molecule has 1 saturated heterocycles. The predicted octanol–water partition coefficient (Wildman–Crippen LogP) is 3.72. The predicted molar refractivity (Wildman–Crippen MR) is 88.0 cm³/mol. The first-order valence-electron chi connectivity index (χ1n) is 7.58. The molecule has 0 aromatic heterocycles. The summed E-state index contributed by atoms with van der Waals surface area (Å²) in [5.74, 6) is -1.14. The first-order chi connectivity index (χ1) is 9.24. The van der Waals surface area contributed by atoms with Crippen molar-refractivity contribution in [2.45, 2.75) is 83.2 Å². The molecular weight excluding hydrogens is 308 g/mol. The third-order valence-corrected chi connectivity index (χ3v) is 9.36. The molecule has 1 fully saturated rings. The van der Waals surface area contributed by atoms with Gasteiger partial charge in [0.2, 0.25) is 0 Å². The van der Waals surface area contributed by atoms with Crippen LogP contribution in [0.25, 0.3) is 0 Å². The number of rotatable bonds is 5. The molecule has 0 aromatic rings. The van der Waals surface area contributed by atoms with Crippen molar-refractivity contribution in [2.75, 3.05) is 6.61 Å². The van der Waals surface area contributed by atoms with Gasteiger partial charge in [0, 0.05) is 5.92 Å². The minimum absolute atomic E-state index is 0.0729. The molecule has 0 aromatic carbocycles. The molecule has 1 heterocycles. The molecule has 6 heteroatoms. The Hall–Kier alpha value is 0.347. The van der Waals surface area contributed by atoms with Crippen LogP contribution in [0.15, 0.2) is 0 Å². The summed E-state index contributed by atoms with van der Waals surface area (Å²) in [4.78, 5) is 0. The molecule has 4 nitrogen and oxygen atoms in total. The molecule has 0 bridgehead atoms. The number of ether oxygens (including phenoxy) is 2. The van der Waals surface area contributed by atoms with Crippen molar-refractivity contribution in [3.05, 3.63) is 0 Å². The van der Waals surface area contributed by atoms with Crippen LogP contribution in [-0.2, 0) is 13.9 Å². The number of alkyl halides is 1. The topological polar surface area (TPSA) is 47.9 Å². The fraction of sp³-hybridized carbons (Fsp3) is 1.00. The van der Waals surface area contributed by atoms with Crippen molar-refractivity contribution in [1.29, 1.82) is 0 Å². The van der Waals surface area contributed by atoms with Gasteiger partial charge in [0.1, 0.15) is 6.10 Å². The smallest absolute Gasteiger partial charge is 0.192 e. The molecule has 1 aliphatic rings. The Balaban J connectivity index is 2.63. The maximum absolute atomic E-state index is 9.80. The van der Waals surface area contributed by atoms with E-state index in [-0.39, 0.29) is 23.2 Å². The van der Waals surface area contributed by atoms with Crippen LogP contribution in [0.3, 0.4) is 0 Å². The van der Waals surface area contributed by atoms with E-state index in [0.29, 0.717) is 6.61 Å². The van der Waals surface area contributed by atoms with E-state index in [0.717, 1.165) is 0 Å². The highest BCUT2D eigenvalue weighted by Gasteiger charge is 2.45. The van der Waals surface area contributed by atoms with Crippen LogP contribution in [0.2, 0.25) is 18.1 Å². The van der Waals surface area contributed by atoms with Gasteiger partial charge in [0.25, 0.3) is 0 Å². The molecule has 0 radical (unpaired) electrons. The average molecular weight is 339 g/mol. The SMILES string of the molecule is CC1[C@@H](OC(C)(C)O)[C@@H](Cl)O[C@@H]1CO[Si](C)(C)C(C)(C)C. The van der Waals surface area contributed by atoms with Crippen LogP contribution in [-0.4, -0.2) is 43.6 Å². The Labute approximate surface area is 135 Å². The molecule has 0 aliphatic carbocycles. The second-order valence-electron chi connectivity index (χ2n) is 7.99. The molecule has 0 spiro atoms. The van der Waals surface area contributed by atoms with Crippen molar-refractivity contribution in [2.24, 2.45) is 5.92 Å². The molecular formula is C15H31ClO4Si. The summed E-state index contributed by atoms with van der Waals surface area (Å²) in [7, 11) is -1.81. The van der Waals surface area contributed by atoms with Crippen molar-refractivity contribution >= 4 is 19.9 Å². The summed E-state index contributed by atoms with van der Waals surface area (Å²) in [6.45, 7) is 16.8. The highest BCUT2D eigenvalue weighted by molar-refractivity contribution is 6.74. The van der Waals surface area contributed by atoms with Crippen molar-refractivity contribution in [3.63, 3.8) is 0 Å².